The monoisotopic (exact) mass is 334 g/mol. The van der Waals surface area contributed by atoms with Crippen molar-refractivity contribution in [2.75, 3.05) is 13.7 Å². The molecule has 0 aliphatic carbocycles. The summed E-state index contributed by atoms with van der Waals surface area (Å²) in [5, 5.41) is 3.48. The Bertz CT molecular complexity index is 569. The van der Waals surface area contributed by atoms with Gasteiger partial charge in [-0.3, -0.25) is 4.98 Å². The number of aromatic nitrogens is 1. The highest BCUT2D eigenvalue weighted by Gasteiger charge is 2.18. The molecule has 1 heterocycles. The predicted octanol–water partition coefficient (Wildman–Crippen LogP) is 3.86. The number of rotatable bonds is 5. The summed E-state index contributed by atoms with van der Waals surface area (Å²) in [5.74, 6) is 0.881. The second kappa shape index (κ2) is 6.86. The van der Waals surface area contributed by atoms with Gasteiger partial charge in [-0.05, 0) is 47.6 Å². The van der Waals surface area contributed by atoms with Crippen LogP contribution in [0.25, 0.3) is 0 Å². The number of hydrogen-bond acceptors (Lipinski definition) is 3. The molecule has 1 aromatic carbocycles. The fourth-order valence-electron chi connectivity index (χ4n) is 2.22. The molecule has 0 amide bonds. The zero-order valence-electron chi connectivity index (χ0n) is 12.0. The first-order valence-corrected chi connectivity index (χ1v) is 7.44. The van der Waals surface area contributed by atoms with Gasteiger partial charge >= 0.3 is 0 Å². The largest absolute Gasteiger partial charge is 0.496 e. The molecule has 2 rings (SSSR count). The van der Waals surface area contributed by atoms with E-state index in [4.69, 9.17) is 4.74 Å². The van der Waals surface area contributed by atoms with Crippen molar-refractivity contribution in [3.63, 3.8) is 0 Å². The third-order valence-electron chi connectivity index (χ3n) is 3.15. The second-order valence-electron chi connectivity index (χ2n) is 4.64. The van der Waals surface area contributed by atoms with Gasteiger partial charge in [-0.2, -0.15) is 0 Å². The molecule has 1 atom stereocenters. The Morgan fingerprint density at radius 2 is 2.10 bits per heavy atom. The van der Waals surface area contributed by atoms with Gasteiger partial charge in [0.05, 0.1) is 18.8 Å². The molecule has 106 valence electrons. The van der Waals surface area contributed by atoms with Crippen molar-refractivity contribution < 1.29 is 4.74 Å². The van der Waals surface area contributed by atoms with Gasteiger partial charge < -0.3 is 10.1 Å². The lowest BCUT2D eigenvalue weighted by Gasteiger charge is -2.21. The van der Waals surface area contributed by atoms with Gasteiger partial charge in [0.2, 0.25) is 0 Å². The first-order chi connectivity index (χ1) is 9.65. The average Bonchev–Trinajstić information content (AvgIpc) is 2.46. The number of nitrogens with zero attached hydrogens (tertiary/aromatic N) is 1. The highest BCUT2D eigenvalue weighted by Crippen LogP contribution is 2.30. The van der Waals surface area contributed by atoms with Gasteiger partial charge in [-0.25, -0.2) is 0 Å². The molecule has 1 aromatic heterocycles. The van der Waals surface area contributed by atoms with Crippen molar-refractivity contribution in [2.45, 2.75) is 19.9 Å². The molecule has 0 radical (unpaired) electrons. The lowest BCUT2D eigenvalue weighted by molar-refractivity contribution is 0.403. The van der Waals surface area contributed by atoms with E-state index in [1.165, 1.54) is 5.56 Å². The SMILES string of the molecule is CCNC(c1ccc(Br)cn1)c1cc(C)ccc1OC. The Labute approximate surface area is 128 Å². The molecule has 0 saturated heterocycles. The maximum atomic E-state index is 5.50. The molecule has 0 bridgehead atoms. The molecule has 1 N–H and O–H groups in total. The van der Waals surface area contributed by atoms with Crippen LogP contribution in [0.1, 0.15) is 29.8 Å². The summed E-state index contributed by atoms with van der Waals surface area (Å²) in [6.07, 6.45) is 1.82. The zero-order chi connectivity index (χ0) is 14.5. The van der Waals surface area contributed by atoms with Crippen LogP contribution in [-0.4, -0.2) is 18.6 Å². The first-order valence-electron chi connectivity index (χ1n) is 6.65. The Morgan fingerprint density at radius 3 is 2.70 bits per heavy atom. The first kappa shape index (κ1) is 15.0. The number of halogens is 1. The van der Waals surface area contributed by atoms with E-state index in [0.29, 0.717) is 0 Å². The molecule has 3 nitrogen and oxygen atoms in total. The van der Waals surface area contributed by atoms with Crippen LogP contribution in [0.2, 0.25) is 0 Å². The highest BCUT2D eigenvalue weighted by atomic mass is 79.9. The highest BCUT2D eigenvalue weighted by molar-refractivity contribution is 9.10. The normalized spacial score (nSPS) is 12.2. The molecule has 0 saturated carbocycles. The lowest BCUT2D eigenvalue weighted by Crippen LogP contribution is -2.23. The van der Waals surface area contributed by atoms with Crippen LogP contribution >= 0.6 is 15.9 Å². The van der Waals surface area contributed by atoms with Crippen molar-refractivity contribution in [3.05, 3.63) is 57.8 Å². The third kappa shape index (κ3) is 3.38. The second-order valence-corrected chi connectivity index (χ2v) is 5.55. The number of pyridine rings is 1. The predicted molar refractivity (Wildman–Crippen MR) is 85.2 cm³/mol. The molecular weight excluding hydrogens is 316 g/mol. The van der Waals surface area contributed by atoms with Crippen molar-refractivity contribution in [1.82, 2.24) is 10.3 Å². The molecule has 2 aromatic rings. The number of nitrogens with one attached hydrogen (secondary N) is 1. The maximum absolute atomic E-state index is 5.50. The van der Waals surface area contributed by atoms with Gasteiger partial charge in [-0.15, -0.1) is 0 Å². The Hall–Kier alpha value is -1.39. The van der Waals surface area contributed by atoms with Crippen LogP contribution in [0.5, 0.6) is 5.75 Å². The van der Waals surface area contributed by atoms with Crippen LogP contribution in [-0.2, 0) is 0 Å². The molecule has 0 aliphatic rings. The molecule has 4 heteroatoms. The summed E-state index contributed by atoms with van der Waals surface area (Å²) >= 11 is 3.42. The van der Waals surface area contributed by atoms with E-state index in [0.717, 1.165) is 28.0 Å². The number of aryl methyl sites for hydroxylation is 1. The van der Waals surface area contributed by atoms with Crippen molar-refractivity contribution in [3.8, 4) is 5.75 Å². The van der Waals surface area contributed by atoms with Gasteiger partial charge in [0.1, 0.15) is 5.75 Å². The van der Waals surface area contributed by atoms with Crippen LogP contribution in [0, 0.1) is 6.92 Å². The van der Waals surface area contributed by atoms with Crippen molar-refractivity contribution >= 4 is 15.9 Å². The molecule has 0 spiro atoms. The third-order valence-corrected chi connectivity index (χ3v) is 3.62. The minimum absolute atomic E-state index is 0.0305. The molecular formula is C16H19BrN2O. The quantitative estimate of drug-likeness (QED) is 0.901. The number of ether oxygens (including phenoxy) is 1. The van der Waals surface area contributed by atoms with Gasteiger partial charge in [0, 0.05) is 16.2 Å². The Balaban J connectivity index is 2.47. The minimum Gasteiger partial charge on any atom is -0.496 e. The minimum atomic E-state index is 0.0305. The molecule has 1 unspecified atom stereocenters. The van der Waals surface area contributed by atoms with Gasteiger partial charge in [0.25, 0.3) is 0 Å². The standard InChI is InChI=1S/C16H19BrN2O/c1-4-18-16(14-7-6-12(17)10-19-14)13-9-11(2)5-8-15(13)20-3/h5-10,16,18H,4H2,1-3H3. The molecule has 0 fully saturated rings. The summed E-state index contributed by atoms with van der Waals surface area (Å²) in [4.78, 5) is 4.51. The average molecular weight is 335 g/mol. The summed E-state index contributed by atoms with van der Waals surface area (Å²) in [5.41, 5.74) is 3.31. The van der Waals surface area contributed by atoms with Gasteiger partial charge in [-0.1, -0.05) is 24.6 Å². The van der Waals surface area contributed by atoms with Crippen LogP contribution < -0.4 is 10.1 Å². The van der Waals surface area contributed by atoms with Crippen molar-refractivity contribution in [1.29, 1.82) is 0 Å². The van der Waals surface area contributed by atoms with Crippen LogP contribution in [0.3, 0.4) is 0 Å². The smallest absolute Gasteiger partial charge is 0.124 e. The van der Waals surface area contributed by atoms with E-state index >= 15 is 0 Å². The van der Waals surface area contributed by atoms with E-state index < -0.39 is 0 Å². The maximum Gasteiger partial charge on any atom is 0.124 e. The number of hydrogen-bond donors (Lipinski definition) is 1. The fourth-order valence-corrected chi connectivity index (χ4v) is 2.45. The summed E-state index contributed by atoms with van der Waals surface area (Å²) in [6.45, 7) is 5.04. The topological polar surface area (TPSA) is 34.2 Å². The number of benzene rings is 1. The summed E-state index contributed by atoms with van der Waals surface area (Å²) in [7, 11) is 1.70. The van der Waals surface area contributed by atoms with E-state index in [2.05, 4.69) is 52.2 Å². The Morgan fingerprint density at radius 1 is 1.30 bits per heavy atom. The van der Waals surface area contributed by atoms with E-state index in [1.54, 1.807) is 7.11 Å². The molecule has 20 heavy (non-hydrogen) atoms. The van der Waals surface area contributed by atoms with E-state index in [1.807, 2.05) is 24.4 Å². The van der Waals surface area contributed by atoms with E-state index in [-0.39, 0.29) is 6.04 Å². The Kier molecular flexibility index (Phi) is 5.15. The van der Waals surface area contributed by atoms with Crippen LogP contribution in [0.15, 0.2) is 41.0 Å². The van der Waals surface area contributed by atoms with Crippen molar-refractivity contribution in [2.24, 2.45) is 0 Å². The zero-order valence-corrected chi connectivity index (χ0v) is 13.6. The van der Waals surface area contributed by atoms with Gasteiger partial charge in [0.15, 0.2) is 0 Å². The summed E-state index contributed by atoms with van der Waals surface area (Å²) < 4.78 is 6.48. The fraction of sp³-hybridized carbons (Fsp3) is 0.312. The number of methoxy groups -OCH3 is 1. The molecule has 0 aliphatic heterocycles. The lowest BCUT2D eigenvalue weighted by atomic mass is 10.00. The van der Waals surface area contributed by atoms with E-state index in [9.17, 15) is 0 Å². The van der Waals surface area contributed by atoms with Crippen LogP contribution in [0.4, 0.5) is 0 Å². The summed E-state index contributed by atoms with van der Waals surface area (Å²) in [6, 6.07) is 10.3.